The van der Waals surface area contributed by atoms with Crippen LogP contribution in [0.4, 0.5) is 5.69 Å². The number of guanidine groups is 2. The van der Waals surface area contributed by atoms with Crippen molar-refractivity contribution in [3.05, 3.63) is 23.2 Å². The average Bonchev–Trinajstić information content (AvgIpc) is 2.47. The van der Waals surface area contributed by atoms with Gasteiger partial charge >= 0.3 is 0 Å². The van der Waals surface area contributed by atoms with E-state index in [1.807, 2.05) is 29.4 Å². The van der Waals surface area contributed by atoms with Crippen molar-refractivity contribution in [3.8, 4) is 0 Å². The molecule has 2 aliphatic rings. The molecule has 7 heteroatoms. The summed E-state index contributed by atoms with van der Waals surface area (Å²) in [6.07, 6.45) is 7.31. The Hall–Kier alpha value is -1.40. The minimum absolute atomic E-state index is 0.267. The number of benzene rings is 1. The third-order valence-corrected chi connectivity index (χ3v) is 5.25. The van der Waals surface area contributed by atoms with Gasteiger partial charge in [-0.1, -0.05) is 18.0 Å². The fourth-order valence-corrected chi connectivity index (χ4v) is 4.04. The average molecular weight is 338 g/mol. The van der Waals surface area contributed by atoms with Crippen LogP contribution in [-0.2, 0) is 0 Å². The molecule has 4 N–H and O–H groups in total. The first-order chi connectivity index (χ1) is 10.6. The molecule has 3 rings (SSSR count). The highest BCUT2D eigenvalue weighted by Crippen LogP contribution is 2.43. The van der Waals surface area contributed by atoms with Gasteiger partial charge in [0.1, 0.15) is 5.66 Å². The van der Waals surface area contributed by atoms with E-state index in [1.54, 1.807) is 11.8 Å². The second-order valence-electron chi connectivity index (χ2n) is 5.63. The van der Waals surface area contributed by atoms with Crippen LogP contribution >= 0.6 is 23.4 Å². The summed E-state index contributed by atoms with van der Waals surface area (Å²) in [5, 5.41) is 0.675. The van der Waals surface area contributed by atoms with Crippen LogP contribution in [0, 0.1) is 0 Å². The number of nitrogens with two attached hydrogens (primary N) is 2. The summed E-state index contributed by atoms with van der Waals surface area (Å²) >= 11 is 7.88. The number of nitrogens with zero attached hydrogens (tertiary/aromatic N) is 3. The molecular weight excluding hydrogens is 318 g/mol. The molecule has 118 valence electrons. The summed E-state index contributed by atoms with van der Waals surface area (Å²) in [7, 11) is 0. The number of rotatable bonds is 2. The molecule has 1 fully saturated rings. The minimum atomic E-state index is -0.427. The van der Waals surface area contributed by atoms with E-state index in [9.17, 15) is 0 Å². The molecule has 22 heavy (non-hydrogen) atoms. The van der Waals surface area contributed by atoms with E-state index >= 15 is 0 Å². The van der Waals surface area contributed by atoms with Crippen molar-refractivity contribution in [2.45, 2.75) is 42.7 Å². The molecule has 0 unspecified atom stereocenters. The highest BCUT2D eigenvalue weighted by molar-refractivity contribution is 7.98. The van der Waals surface area contributed by atoms with Gasteiger partial charge in [0.15, 0.2) is 0 Å². The second-order valence-corrected chi connectivity index (χ2v) is 6.92. The van der Waals surface area contributed by atoms with Crippen molar-refractivity contribution in [1.29, 1.82) is 0 Å². The van der Waals surface area contributed by atoms with Gasteiger partial charge in [-0.05, 0) is 50.1 Å². The Kier molecular flexibility index (Phi) is 4.23. The summed E-state index contributed by atoms with van der Waals surface area (Å²) in [5.41, 5.74) is 12.7. The predicted molar refractivity (Wildman–Crippen MR) is 94.8 cm³/mol. The Morgan fingerprint density at radius 2 is 1.95 bits per heavy atom. The number of anilines is 1. The second kappa shape index (κ2) is 6.01. The fourth-order valence-electron chi connectivity index (χ4n) is 3.31. The molecule has 0 atom stereocenters. The molecule has 1 saturated carbocycles. The van der Waals surface area contributed by atoms with Gasteiger partial charge in [-0.15, -0.1) is 11.8 Å². The number of thioether (sulfide) groups is 1. The zero-order valence-corrected chi connectivity index (χ0v) is 14.1. The molecule has 1 aliphatic carbocycles. The SMILES string of the molecule is CSc1ccc(Cl)cc1N1C(N)=NC(N)=NC12CCCCC2. The Morgan fingerprint density at radius 3 is 2.64 bits per heavy atom. The van der Waals surface area contributed by atoms with E-state index in [4.69, 9.17) is 23.1 Å². The van der Waals surface area contributed by atoms with Crippen LogP contribution in [0.25, 0.3) is 0 Å². The summed E-state index contributed by atoms with van der Waals surface area (Å²) in [6, 6.07) is 5.83. The number of hydrogen-bond donors (Lipinski definition) is 2. The first kappa shape index (κ1) is 15.5. The monoisotopic (exact) mass is 337 g/mol. The molecule has 0 amide bonds. The van der Waals surface area contributed by atoms with E-state index in [-0.39, 0.29) is 5.96 Å². The van der Waals surface area contributed by atoms with Crippen LogP contribution in [0.3, 0.4) is 0 Å². The maximum atomic E-state index is 6.24. The van der Waals surface area contributed by atoms with Gasteiger partial charge in [-0.3, -0.25) is 4.90 Å². The molecule has 0 radical (unpaired) electrons. The molecule has 1 heterocycles. The lowest BCUT2D eigenvalue weighted by Gasteiger charge is -2.46. The van der Waals surface area contributed by atoms with Crippen molar-refractivity contribution in [2.24, 2.45) is 21.5 Å². The van der Waals surface area contributed by atoms with Crippen LogP contribution in [0.15, 0.2) is 33.1 Å². The molecule has 1 aromatic rings. The van der Waals surface area contributed by atoms with Crippen LogP contribution < -0.4 is 16.4 Å². The maximum Gasteiger partial charge on any atom is 0.220 e. The van der Waals surface area contributed by atoms with Crippen LogP contribution in [0.1, 0.15) is 32.1 Å². The normalized spacial score (nSPS) is 20.7. The zero-order chi connectivity index (χ0) is 15.7. The lowest BCUT2D eigenvalue weighted by Crippen LogP contribution is -2.58. The molecule has 0 saturated heterocycles. The minimum Gasteiger partial charge on any atom is -0.369 e. The highest BCUT2D eigenvalue weighted by Gasteiger charge is 2.43. The summed E-state index contributed by atoms with van der Waals surface area (Å²) in [4.78, 5) is 12.0. The highest BCUT2D eigenvalue weighted by atomic mass is 35.5. The molecule has 0 aromatic heterocycles. The van der Waals surface area contributed by atoms with Gasteiger partial charge in [0.25, 0.3) is 0 Å². The Bertz CT molecular complexity index is 637. The van der Waals surface area contributed by atoms with Crippen molar-refractivity contribution < 1.29 is 0 Å². The van der Waals surface area contributed by atoms with Gasteiger partial charge in [-0.25, -0.2) is 4.99 Å². The van der Waals surface area contributed by atoms with E-state index in [0.717, 1.165) is 36.3 Å². The van der Waals surface area contributed by atoms with E-state index in [1.165, 1.54) is 6.42 Å². The zero-order valence-electron chi connectivity index (χ0n) is 12.6. The molecular formula is C15H20ClN5S. The molecule has 1 aromatic carbocycles. The third-order valence-electron chi connectivity index (χ3n) is 4.23. The van der Waals surface area contributed by atoms with Crippen molar-refractivity contribution in [3.63, 3.8) is 0 Å². The number of hydrogen-bond acceptors (Lipinski definition) is 6. The van der Waals surface area contributed by atoms with E-state index in [0.29, 0.717) is 11.0 Å². The topological polar surface area (TPSA) is 80.0 Å². The third kappa shape index (κ3) is 2.65. The summed E-state index contributed by atoms with van der Waals surface area (Å²) < 4.78 is 0. The van der Waals surface area contributed by atoms with Gasteiger partial charge in [0.05, 0.1) is 5.69 Å². The van der Waals surface area contributed by atoms with Crippen molar-refractivity contribution in [2.75, 3.05) is 11.2 Å². The maximum absolute atomic E-state index is 6.24. The van der Waals surface area contributed by atoms with Crippen LogP contribution in [-0.4, -0.2) is 23.8 Å². The molecule has 5 nitrogen and oxygen atoms in total. The Morgan fingerprint density at radius 1 is 1.23 bits per heavy atom. The van der Waals surface area contributed by atoms with E-state index < -0.39 is 5.66 Å². The smallest absolute Gasteiger partial charge is 0.220 e. The van der Waals surface area contributed by atoms with Crippen molar-refractivity contribution in [1.82, 2.24) is 0 Å². The van der Waals surface area contributed by atoms with Crippen LogP contribution in [0.5, 0.6) is 0 Å². The first-order valence-corrected chi connectivity index (χ1v) is 8.99. The van der Waals surface area contributed by atoms with Gasteiger partial charge < -0.3 is 11.5 Å². The van der Waals surface area contributed by atoms with E-state index in [2.05, 4.69) is 9.98 Å². The first-order valence-electron chi connectivity index (χ1n) is 7.39. The van der Waals surface area contributed by atoms with Gasteiger partial charge in [0, 0.05) is 9.92 Å². The Balaban J connectivity index is 2.14. The molecule has 1 aliphatic heterocycles. The van der Waals surface area contributed by atoms with Gasteiger partial charge in [0.2, 0.25) is 11.9 Å². The molecule has 0 bridgehead atoms. The standard InChI is InChI=1S/C15H20ClN5S/c1-22-12-6-5-10(16)9-11(12)21-14(18)19-13(17)20-15(21)7-3-2-4-8-15/h5-6,9H,2-4,7-8H2,1H3,(H4,17,18,19,20). The summed E-state index contributed by atoms with van der Waals surface area (Å²) in [5.74, 6) is 0.662. The largest absolute Gasteiger partial charge is 0.369 e. The van der Waals surface area contributed by atoms with Crippen molar-refractivity contribution >= 4 is 41.0 Å². The molecule has 1 spiro atoms. The fraction of sp³-hybridized carbons (Fsp3) is 0.467. The van der Waals surface area contributed by atoms with Gasteiger partial charge in [-0.2, -0.15) is 4.99 Å². The predicted octanol–water partition coefficient (Wildman–Crippen LogP) is 3.17. The number of halogens is 1. The van der Waals surface area contributed by atoms with Crippen LogP contribution in [0.2, 0.25) is 5.02 Å². The quantitative estimate of drug-likeness (QED) is 0.812. The number of aliphatic imine (C=N–C) groups is 2. The lowest BCUT2D eigenvalue weighted by molar-refractivity contribution is 0.305. The lowest BCUT2D eigenvalue weighted by atomic mass is 9.87. The Labute approximate surface area is 139 Å². The summed E-state index contributed by atoms with van der Waals surface area (Å²) in [6.45, 7) is 0.